The number of carbonyl (C=O) groups is 2. The van der Waals surface area contributed by atoms with Gasteiger partial charge in [-0.1, -0.05) is 49.0 Å². The molecule has 2 amide bonds. The number of benzene rings is 1. The average Bonchev–Trinajstić information content (AvgIpc) is 2.92. The van der Waals surface area contributed by atoms with Gasteiger partial charge in [-0.15, -0.1) is 0 Å². The fourth-order valence-electron chi connectivity index (χ4n) is 2.41. The van der Waals surface area contributed by atoms with Crippen LogP contribution in [0.3, 0.4) is 0 Å². The van der Waals surface area contributed by atoms with Crippen molar-refractivity contribution < 1.29 is 9.59 Å². The van der Waals surface area contributed by atoms with Crippen LogP contribution in [0.25, 0.3) is 0 Å². The van der Waals surface area contributed by atoms with Crippen LogP contribution in [-0.4, -0.2) is 41.4 Å². The average molecular weight is 306 g/mol. The molecule has 1 fully saturated rings. The third kappa shape index (κ3) is 4.77. The number of carbonyl (C=O) groups excluding carboxylic acids is 2. The summed E-state index contributed by atoms with van der Waals surface area (Å²) in [6.07, 6.45) is 1.38. The first-order valence-corrected chi connectivity index (χ1v) is 8.42. The molecule has 1 saturated heterocycles. The van der Waals surface area contributed by atoms with Gasteiger partial charge < -0.3 is 10.2 Å². The minimum atomic E-state index is 0.0223. The normalized spacial score (nSPS) is 16.0. The summed E-state index contributed by atoms with van der Waals surface area (Å²) >= 11 is 1.33. The zero-order valence-electron chi connectivity index (χ0n) is 12.4. The first kappa shape index (κ1) is 15.9. The Hall–Kier alpha value is -1.49. The van der Waals surface area contributed by atoms with Crippen LogP contribution in [0.5, 0.6) is 0 Å². The van der Waals surface area contributed by atoms with Crippen LogP contribution in [0.4, 0.5) is 4.79 Å². The Morgan fingerprint density at radius 1 is 1.38 bits per heavy atom. The van der Waals surface area contributed by atoms with Crippen molar-refractivity contribution in [3.05, 3.63) is 35.9 Å². The Morgan fingerprint density at radius 2 is 2.14 bits per heavy atom. The molecule has 5 heteroatoms. The molecule has 0 aromatic heterocycles. The first-order valence-electron chi connectivity index (χ1n) is 7.44. The Labute approximate surface area is 130 Å². The molecule has 0 unspecified atom stereocenters. The molecule has 0 aliphatic carbocycles. The maximum absolute atomic E-state index is 11.9. The third-order valence-corrected chi connectivity index (χ3v) is 4.65. The molecule has 0 radical (unpaired) electrons. The van der Waals surface area contributed by atoms with Gasteiger partial charge in [0.15, 0.2) is 0 Å². The molecular weight excluding hydrogens is 284 g/mol. The molecule has 0 spiro atoms. The van der Waals surface area contributed by atoms with Crippen molar-refractivity contribution in [2.45, 2.75) is 25.7 Å². The molecule has 4 nitrogen and oxygen atoms in total. The van der Waals surface area contributed by atoms with Gasteiger partial charge in [-0.05, 0) is 12.0 Å². The summed E-state index contributed by atoms with van der Waals surface area (Å²) in [4.78, 5) is 25.1. The van der Waals surface area contributed by atoms with E-state index in [-0.39, 0.29) is 11.1 Å². The van der Waals surface area contributed by atoms with Crippen LogP contribution in [0, 0.1) is 0 Å². The highest BCUT2D eigenvalue weighted by atomic mass is 32.2. The second-order valence-corrected chi connectivity index (χ2v) is 6.22. The molecular formula is C16H22N2O2S. The fraction of sp³-hybridized carbons (Fsp3) is 0.500. The molecule has 0 bridgehead atoms. The van der Waals surface area contributed by atoms with E-state index in [1.807, 2.05) is 18.2 Å². The van der Waals surface area contributed by atoms with Gasteiger partial charge in [0, 0.05) is 37.7 Å². The number of nitrogens with one attached hydrogen (secondary N) is 1. The Bertz CT molecular complexity index is 478. The summed E-state index contributed by atoms with van der Waals surface area (Å²) in [5.41, 5.74) is 1.26. The molecule has 1 aromatic carbocycles. The van der Waals surface area contributed by atoms with Crippen LogP contribution in [-0.2, 0) is 4.79 Å². The zero-order chi connectivity index (χ0) is 15.1. The number of rotatable bonds is 7. The van der Waals surface area contributed by atoms with Gasteiger partial charge in [0.05, 0.1) is 0 Å². The Morgan fingerprint density at radius 3 is 2.76 bits per heavy atom. The van der Waals surface area contributed by atoms with Crippen molar-refractivity contribution in [1.82, 2.24) is 10.2 Å². The van der Waals surface area contributed by atoms with E-state index in [0.29, 0.717) is 25.4 Å². The van der Waals surface area contributed by atoms with Gasteiger partial charge in [-0.3, -0.25) is 9.59 Å². The lowest BCUT2D eigenvalue weighted by Gasteiger charge is -2.17. The lowest BCUT2D eigenvalue weighted by molar-refractivity contribution is -0.121. The van der Waals surface area contributed by atoms with E-state index < -0.39 is 0 Å². The zero-order valence-corrected chi connectivity index (χ0v) is 13.2. The lowest BCUT2D eigenvalue weighted by Crippen LogP contribution is -2.33. The summed E-state index contributed by atoms with van der Waals surface area (Å²) < 4.78 is 0. The van der Waals surface area contributed by atoms with E-state index in [1.165, 1.54) is 17.3 Å². The monoisotopic (exact) mass is 306 g/mol. The molecule has 114 valence electrons. The van der Waals surface area contributed by atoms with Crippen molar-refractivity contribution in [2.75, 3.05) is 25.4 Å². The van der Waals surface area contributed by atoms with Crippen LogP contribution in [0.15, 0.2) is 30.3 Å². The molecule has 1 heterocycles. The number of hydrogen-bond acceptors (Lipinski definition) is 3. The third-order valence-electron chi connectivity index (χ3n) is 3.76. The minimum absolute atomic E-state index is 0.0223. The lowest BCUT2D eigenvalue weighted by atomic mass is 9.96. The van der Waals surface area contributed by atoms with Crippen LogP contribution < -0.4 is 5.32 Å². The van der Waals surface area contributed by atoms with Crippen LogP contribution in [0.1, 0.15) is 31.2 Å². The molecule has 0 saturated carbocycles. The van der Waals surface area contributed by atoms with E-state index in [1.54, 1.807) is 4.90 Å². The molecule has 1 aliphatic rings. The Balaban J connectivity index is 1.73. The van der Waals surface area contributed by atoms with Gasteiger partial charge in [-0.2, -0.15) is 0 Å². The standard InChI is InChI=1S/C16H22N2O2S/c1-2-13(14-6-4-3-5-7-14)12-17-15(19)8-9-18-10-11-21-16(18)20/h3-7,13H,2,8-12H2,1H3,(H,17,19)/t13-/m1/s1. The number of hydrogen-bond donors (Lipinski definition) is 1. The fourth-order valence-corrected chi connectivity index (χ4v) is 3.27. The highest BCUT2D eigenvalue weighted by Crippen LogP contribution is 2.18. The van der Waals surface area contributed by atoms with Crippen molar-refractivity contribution in [1.29, 1.82) is 0 Å². The highest BCUT2D eigenvalue weighted by molar-refractivity contribution is 8.13. The maximum Gasteiger partial charge on any atom is 0.281 e. The largest absolute Gasteiger partial charge is 0.355 e. The van der Waals surface area contributed by atoms with E-state index in [9.17, 15) is 9.59 Å². The van der Waals surface area contributed by atoms with E-state index in [4.69, 9.17) is 0 Å². The second-order valence-electron chi connectivity index (χ2n) is 5.17. The molecule has 2 rings (SSSR count). The summed E-state index contributed by atoms with van der Waals surface area (Å²) in [6.45, 7) is 4.07. The van der Waals surface area contributed by atoms with Crippen molar-refractivity contribution >= 4 is 22.9 Å². The van der Waals surface area contributed by atoms with Crippen LogP contribution >= 0.6 is 11.8 Å². The number of amides is 2. The summed E-state index contributed by atoms with van der Waals surface area (Å²) in [5, 5.41) is 3.08. The summed E-state index contributed by atoms with van der Waals surface area (Å²) in [6, 6.07) is 10.2. The van der Waals surface area contributed by atoms with E-state index in [0.717, 1.165) is 18.7 Å². The SMILES string of the molecule is CC[C@H](CNC(=O)CCN1CCSC1=O)c1ccccc1. The van der Waals surface area contributed by atoms with Gasteiger partial charge in [0.25, 0.3) is 5.24 Å². The van der Waals surface area contributed by atoms with Crippen LogP contribution in [0.2, 0.25) is 0 Å². The highest BCUT2D eigenvalue weighted by Gasteiger charge is 2.21. The van der Waals surface area contributed by atoms with Crippen molar-refractivity contribution in [2.24, 2.45) is 0 Å². The maximum atomic E-state index is 11.9. The van der Waals surface area contributed by atoms with Crippen molar-refractivity contribution in [3.8, 4) is 0 Å². The second kappa shape index (κ2) is 8.08. The minimum Gasteiger partial charge on any atom is -0.355 e. The van der Waals surface area contributed by atoms with Crippen molar-refractivity contribution in [3.63, 3.8) is 0 Å². The van der Waals surface area contributed by atoms with Gasteiger partial charge in [-0.25, -0.2) is 0 Å². The van der Waals surface area contributed by atoms with E-state index >= 15 is 0 Å². The Kier molecular flexibility index (Phi) is 6.11. The molecule has 21 heavy (non-hydrogen) atoms. The smallest absolute Gasteiger partial charge is 0.281 e. The van der Waals surface area contributed by atoms with E-state index in [2.05, 4.69) is 24.4 Å². The topological polar surface area (TPSA) is 49.4 Å². The number of nitrogens with zero attached hydrogens (tertiary/aromatic N) is 1. The molecule has 1 N–H and O–H groups in total. The van der Waals surface area contributed by atoms with Gasteiger partial charge in [0.2, 0.25) is 5.91 Å². The number of thioether (sulfide) groups is 1. The summed E-state index contributed by atoms with van der Waals surface area (Å²) in [5.74, 6) is 1.21. The predicted molar refractivity (Wildman–Crippen MR) is 86.5 cm³/mol. The van der Waals surface area contributed by atoms with Gasteiger partial charge in [0.1, 0.15) is 0 Å². The summed E-state index contributed by atoms with van der Waals surface area (Å²) in [7, 11) is 0. The van der Waals surface area contributed by atoms with Gasteiger partial charge >= 0.3 is 0 Å². The molecule has 1 aliphatic heterocycles. The quantitative estimate of drug-likeness (QED) is 0.842. The predicted octanol–water partition coefficient (Wildman–Crippen LogP) is 2.86. The first-order chi connectivity index (χ1) is 10.2. The molecule has 1 aromatic rings. The molecule has 1 atom stereocenters.